The van der Waals surface area contributed by atoms with E-state index in [0.717, 1.165) is 24.7 Å². The Kier molecular flexibility index (Phi) is 1.79. The molecule has 0 radical (unpaired) electrons. The Hall–Kier alpha value is -0.990. The van der Waals surface area contributed by atoms with E-state index in [4.69, 9.17) is 0 Å². The van der Waals surface area contributed by atoms with Crippen LogP contribution in [0.25, 0.3) is 0 Å². The van der Waals surface area contributed by atoms with Crippen molar-refractivity contribution < 1.29 is 0 Å². The van der Waals surface area contributed by atoms with Crippen LogP contribution in [0.15, 0.2) is 4.79 Å². The van der Waals surface area contributed by atoms with Gasteiger partial charge in [0, 0.05) is 11.4 Å². The molecule has 0 aromatic carbocycles. The van der Waals surface area contributed by atoms with Crippen molar-refractivity contribution in [2.75, 3.05) is 0 Å². The van der Waals surface area contributed by atoms with Crippen molar-refractivity contribution in [1.82, 2.24) is 9.97 Å². The fourth-order valence-corrected chi connectivity index (χ4v) is 3.15. The molecule has 0 spiro atoms. The predicted molar refractivity (Wildman–Crippen MR) is 54.3 cm³/mol. The first kappa shape index (κ1) is 8.33. The number of H-pyrrole nitrogens is 2. The van der Waals surface area contributed by atoms with Gasteiger partial charge in [0.15, 0.2) is 0 Å². The maximum absolute atomic E-state index is 11.2. The van der Waals surface area contributed by atoms with E-state index in [0.29, 0.717) is 0 Å². The van der Waals surface area contributed by atoms with Crippen LogP contribution in [0.2, 0.25) is 0 Å². The molecule has 1 fully saturated rings. The van der Waals surface area contributed by atoms with E-state index in [1.54, 1.807) is 0 Å². The van der Waals surface area contributed by atoms with E-state index in [1.165, 1.54) is 37.1 Å². The lowest BCUT2D eigenvalue weighted by molar-refractivity contribution is 0.218. The number of aromatic amines is 2. The van der Waals surface area contributed by atoms with Gasteiger partial charge in [0.05, 0.1) is 0 Å². The molecule has 0 aliphatic heterocycles. The number of aromatic nitrogens is 2. The fourth-order valence-electron chi connectivity index (χ4n) is 3.15. The molecule has 2 aliphatic rings. The molecule has 2 N–H and O–H groups in total. The van der Waals surface area contributed by atoms with Crippen molar-refractivity contribution in [3.8, 4) is 0 Å². The SMILES string of the molecule is O=c1[nH]c2c([nH]1)C[C@@H]1CCCC[C@@H]1C2. The Bertz CT molecular complexity index is 356. The Labute approximate surface area is 82.9 Å². The van der Waals surface area contributed by atoms with Crippen LogP contribution in [0.5, 0.6) is 0 Å². The van der Waals surface area contributed by atoms with Crippen LogP contribution in [0.1, 0.15) is 37.1 Å². The van der Waals surface area contributed by atoms with E-state index >= 15 is 0 Å². The van der Waals surface area contributed by atoms with Gasteiger partial charge in [0.2, 0.25) is 0 Å². The van der Waals surface area contributed by atoms with E-state index in [2.05, 4.69) is 9.97 Å². The van der Waals surface area contributed by atoms with Crippen molar-refractivity contribution in [3.05, 3.63) is 21.9 Å². The average Bonchev–Trinajstić information content (AvgIpc) is 2.53. The summed E-state index contributed by atoms with van der Waals surface area (Å²) in [6, 6.07) is 0. The molecule has 0 bridgehead atoms. The monoisotopic (exact) mass is 192 g/mol. The largest absolute Gasteiger partial charge is 0.323 e. The molecule has 0 amide bonds. The Balaban J connectivity index is 1.94. The van der Waals surface area contributed by atoms with Crippen LogP contribution in [-0.4, -0.2) is 9.97 Å². The van der Waals surface area contributed by atoms with Crippen molar-refractivity contribution >= 4 is 0 Å². The maximum atomic E-state index is 11.2. The second kappa shape index (κ2) is 3.01. The third kappa shape index (κ3) is 1.22. The van der Waals surface area contributed by atoms with Gasteiger partial charge in [-0.1, -0.05) is 12.8 Å². The molecule has 0 saturated heterocycles. The van der Waals surface area contributed by atoms with Gasteiger partial charge in [0.25, 0.3) is 0 Å². The third-order valence-electron chi connectivity index (χ3n) is 3.89. The number of imidazole rings is 1. The summed E-state index contributed by atoms with van der Waals surface area (Å²) in [6.45, 7) is 0. The Morgan fingerprint density at radius 1 is 0.929 bits per heavy atom. The van der Waals surface area contributed by atoms with Gasteiger partial charge in [-0.25, -0.2) is 4.79 Å². The first-order chi connectivity index (χ1) is 6.83. The highest BCUT2D eigenvalue weighted by molar-refractivity contribution is 5.17. The minimum Gasteiger partial charge on any atom is -0.310 e. The van der Waals surface area contributed by atoms with Gasteiger partial charge < -0.3 is 9.97 Å². The third-order valence-corrected chi connectivity index (χ3v) is 3.89. The minimum absolute atomic E-state index is 0.0198. The first-order valence-electron chi connectivity index (χ1n) is 5.63. The normalized spacial score (nSPS) is 30.9. The standard InChI is InChI=1S/C11H16N2O/c14-11-12-9-5-7-3-1-2-4-8(7)6-10(9)13-11/h7-8H,1-6H2,(H2,12,13,14)/t7-,8+. The summed E-state index contributed by atoms with van der Waals surface area (Å²) in [5, 5.41) is 0. The molecular formula is C11H16N2O. The molecule has 76 valence electrons. The van der Waals surface area contributed by atoms with Crippen LogP contribution < -0.4 is 5.69 Å². The summed E-state index contributed by atoms with van der Waals surface area (Å²) in [5.74, 6) is 1.67. The van der Waals surface area contributed by atoms with Gasteiger partial charge in [-0.2, -0.15) is 0 Å². The summed E-state index contributed by atoms with van der Waals surface area (Å²) in [4.78, 5) is 17.0. The fraction of sp³-hybridized carbons (Fsp3) is 0.727. The van der Waals surface area contributed by atoms with E-state index < -0.39 is 0 Å². The molecule has 1 aromatic heterocycles. The molecule has 14 heavy (non-hydrogen) atoms. The highest BCUT2D eigenvalue weighted by Crippen LogP contribution is 2.38. The molecular weight excluding hydrogens is 176 g/mol. The van der Waals surface area contributed by atoms with Crippen LogP contribution in [0.4, 0.5) is 0 Å². The lowest BCUT2D eigenvalue weighted by Gasteiger charge is -2.34. The number of hydrogen-bond donors (Lipinski definition) is 2. The molecule has 0 unspecified atom stereocenters. The summed E-state index contributed by atoms with van der Waals surface area (Å²) in [7, 11) is 0. The zero-order valence-electron chi connectivity index (χ0n) is 8.31. The summed E-state index contributed by atoms with van der Waals surface area (Å²) in [5.41, 5.74) is 2.34. The quantitative estimate of drug-likeness (QED) is 0.644. The number of fused-ring (bicyclic) bond motifs is 2. The van der Waals surface area contributed by atoms with Crippen molar-refractivity contribution in [3.63, 3.8) is 0 Å². The highest BCUT2D eigenvalue weighted by atomic mass is 16.1. The van der Waals surface area contributed by atoms with Crippen LogP contribution >= 0.6 is 0 Å². The molecule has 2 atom stereocenters. The lowest BCUT2D eigenvalue weighted by Crippen LogP contribution is -2.28. The number of hydrogen-bond acceptors (Lipinski definition) is 1. The summed E-state index contributed by atoms with van der Waals surface area (Å²) < 4.78 is 0. The average molecular weight is 192 g/mol. The van der Waals surface area contributed by atoms with Gasteiger partial charge >= 0.3 is 5.69 Å². The van der Waals surface area contributed by atoms with Gasteiger partial charge in [-0.05, 0) is 37.5 Å². The van der Waals surface area contributed by atoms with Crippen molar-refractivity contribution in [2.45, 2.75) is 38.5 Å². The second-order valence-corrected chi connectivity index (χ2v) is 4.75. The van der Waals surface area contributed by atoms with Crippen molar-refractivity contribution in [2.24, 2.45) is 11.8 Å². The van der Waals surface area contributed by atoms with E-state index in [9.17, 15) is 4.79 Å². The Morgan fingerprint density at radius 2 is 1.43 bits per heavy atom. The molecule has 3 heteroatoms. The molecule has 1 saturated carbocycles. The zero-order valence-corrected chi connectivity index (χ0v) is 8.31. The molecule has 2 aliphatic carbocycles. The zero-order chi connectivity index (χ0) is 9.54. The second-order valence-electron chi connectivity index (χ2n) is 4.75. The minimum atomic E-state index is -0.0198. The Morgan fingerprint density at radius 3 is 1.93 bits per heavy atom. The van der Waals surface area contributed by atoms with Crippen LogP contribution in [0, 0.1) is 11.8 Å². The highest BCUT2D eigenvalue weighted by Gasteiger charge is 2.31. The van der Waals surface area contributed by atoms with E-state index in [-0.39, 0.29) is 5.69 Å². The van der Waals surface area contributed by atoms with Crippen molar-refractivity contribution in [1.29, 1.82) is 0 Å². The van der Waals surface area contributed by atoms with Gasteiger partial charge in [0.1, 0.15) is 0 Å². The van der Waals surface area contributed by atoms with Gasteiger partial charge in [-0.15, -0.1) is 0 Å². The predicted octanol–water partition coefficient (Wildman–Crippen LogP) is 1.61. The topological polar surface area (TPSA) is 48.6 Å². The van der Waals surface area contributed by atoms with E-state index in [1.807, 2.05) is 0 Å². The summed E-state index contributed by atoms with van der Waals surface area (Å²) in [6.07, 6.45) is 7.67. The van der Waals surface area contributed by atoms with Crippen LogP contribution in [-0.2, 0) is 12.8 Å². The lowest BCUT2D eigenvalue weighted by atomic mass is 9.71. The molecule has 3 rings (SSSR count). The van der Waals surface area contributed by atoms with Crippen LogP contribution in [0.3, 0.4) is 0 Å². The smallest absolute Gasteiger partial charge is 0.310 e. The number of rotatable bonds is 0. The summed E-state index contributed by atoms with van der Waals surface area (Å²) >= 11 is 0. The molecule has 3 nitrogen and oxygen atoms in total. The molecule has 1 aromatic rings. The maximum Gasteiger partial charge on any atom is 0.323 e. The first-order valence-corrected chi connectivity index (χ1v) is 5.63. The van der Waals surface area contributed by atoms with Gasteiger partial charge in [-0.3, -0.25) is 0 Å². The molecule has 1 heterocycles. The number of nitrogens with one attached hydrogen (secondary N) is 2.